The summed E-state index contributed by atoms with van der Waals surface area (Å²) in [6.45, 7) is 5.35. The van der Waals surface area contributed by atoms with Crippen LogP contribution in [0, 0.1) is 5.92 Å². The lowest BCUT2D eigenvalue weighted by Crippen LogP contribution is -2.48. The lowest BCUT2D eigenvalue weighted by molar-refractivity contribution is -0.121. The van der Waals surface area contributed by atoms with E-state index in [-0.39, 0.29) is 18.3 Å². The van der Waals surface area contributed by atoms with Crippen molar-refractivity contribution in [2.45, 2.75) is 30.7 Å². The number of fused-ring (bicyclic) bond motifs is 1. The van der Waals surface area contributed by atoms with Gasteiger partial charge in [0, 0.05) is 23.1 Å². The van der Waals surface area contributed by atoms with Gasteiger partial charge < -0.3 is 20.1 Å². The van der Waals surface area contributed by atoms with Crippen LogP contribution in [0.4, 0.5) is 0 Å². The maximum absolute atomic E-state index is 12.1. The first-order valence-corrected chi connectivity index (χ1v) is 9.23. The van der Waals surface area contributed by atoms with Crippen molar-refractivity contribution in [1.29, 1.82) is 0 Å². The van der Waals surface area contributed by atoms with Gasteiger partial charge >= 0.3 is 0 Å². The van der Waals surface area contributed by atoms with Crippen LogP contribution in [0.3, 0.4) is 0 Å². The van der Waals surface area contributed by atoms with Gasteiger partial charge in [-0.1, -0.05) is 6.92 Å². The summed E-state index contributed by atoms with van der Waals surface area (Å²) < 4.78 is 11.1. The van der Waals surface area contributed by atoms with Crippen LogP contribution in [0.1, 0.15) is 19.8 Å². The molecule has 2 atom stereocenters. The molecular weight excluding hydrogens is 348 g/mol. The molecule has 0 saturated carbocycles. The smallest absolute Gasteiger partial charge is 0.221 e. The number of rotatable bonds is 5. The topological polar surface area (TPSA) is 59.6 Å². The fraction of sp³-hybridized carbons (Fsp3) is 0.588. The number of ether oxygens (including phenoxy) is 2. The Balaban J connectivity index is 0.00000208. The minimum Gasteiger partial charge on any atom is -0.486 e. The molecule has 0 radical (unpaired) electrons. The van der Waals surface area contributed by atoms with Crippen LogP contribution >= 0.6 is 24.2 Å². The Bertz CT molecular complexity index is 559. The molecule has 3 rings (SSSR count). The Morgan fingerprint density at radius 2 is 2.12 bits per heavy atom. The third kappa shape index (κ3) is 5.19. The average molecular weight is 373 g/mol. The van der Waals surface area contributed by atoms with E-state index >= 15 is 0 Å². The van der Waals surface area contributed by atoms with Gasteiger partial charge in [-0.3, -0.25) is 4.79 Å². The van der Waals surface area contributed by atoms with E-state index in [1.165, 1.54) is 0 Å². The monoisotopic (exact) mass is 372 g/mol. The van der Waals surface area contributed by atoms with Gasteiger partial charge in [-0.2, -0.15) is 0 Å². The van der Waals surface area contributed by atoms with Crippen molar-refractivity contribution in [3.8, 4) is 11.5 Å². The van der Waals surface area contributed by atoms with Crippen LogP contribution in [0.5, 0.6) is 11.5 Å². The van der Waals surface area contributed by atoms with E-state index in [0.29, 0.717) is 31.6 Å². The number of carbonyl (C=O) groups excluding carboxylic acids is 1. The standard InChI is InChI=1S/C17H24N2O3S.ClH/c1-12-11-18-6-4-14(12)19-17(20)5-9-23-13-2-3-15-16(10-13)22-8-7-21-15;/h2-3,10,12,14,18H,4-9,11H2,1H3,(H,19,20);1H. The Morgan fingerprint density at radius 1 is 1.33 bits per heavy atom. The molecule has 2 aliphatic heterocycles. The number of nitrogens with one attached hydrogen (secondary N) is 2. The normalized spacial score (nSPS) is 22.4. The summed E-state index contributed by atoms with van der Waals surface area (Å²) in [6, 6.07) is 6.26. The number of carbonyl (C=O) groups is 1. The predicted molar refractivity (Wildman–Crippen MR) is 98.6 cm³/mol. The third-order valence-corrected chi connectivity index (χ3v) is 5.24. The predicted octanol–water partition coefficient (Wildman–Crippen LogP) is 2.48. The molecule has 2 aliphatic rings. The zero-order valence-electron chi connectivity index (χ0n) is 13.9. The van der Waals surface area contributed by atoms with Crippen molar-refractivity contribution in [3.63, 3.8) is 0 Å². The molecule has 1 aromatic carbocycles. The number of hydrogen-bond donors (Lipinski definition) is 2. The molecule has 1 saturated heterocycles. The van der Waals surface area contributed by atoms with E-state index in [4.69, 9.17) is 9.47 Å². The van der Waals surface area contributed by atoms with Gasteiger partial charge in [-0.25, -0.2) is 0 Å². The molecule has 7 heteroatoms. The van der Waals surface area contributed by atoms with Crippen LogP contribution in [0.2, 0.25) is 0 Å². The minimum atomic E-state index is 0. The van der Waals surface area contributed by atoms with Gasteiger partial charge in [0.1, 0.15) is 13.2 Å². The Hall–Kier alpha value is -1.11. The van der Waals surface area contributed by atoms with E-state index in [0.717, 1.165) is 41.7 Å². The minimum absolute atomic E-state index is 0. The molecule has 1 amide bonds. The summed E-state index contributed by atoms with van der Waals surface area (Å²) in [5.74, 6) is 3.02. The number of halogens is 1. The highest BCUT2D eigenvalue weighted by Crippen LogP contribution is 2.34. The quantitative estimate of drug-likeness (QED) is 0.777. The molecule has 2 N–H and O–H groups in total. The fourth-order valence-electron chi connectivity index (χ4n) is 2.88. The van der Waals surface area contributed by atoms with Crippen molar-refractivity contribution in [2.75, 3.05) is 32.1 Å². The molecule has 0 bridgehead atoms. The second-order valence-corrected chi connectivity index (χ2v) is 7.22. The van der Waals surface area contributed by atoms with Crippen LogP contribution in [-0.2, 0) is 4.79 Å². The second kappa shape index (κ2) is 9.39. The van der Waals surface area contributed by atoms with Gasteiger partial charge in [0.15, 0.2) is 11.5 Å². The van der Waals surface area contributed by atoms with E-state index < -0.39 is 0 Å². The molecule has 5 nitrogen and oxygen atoms in total. The first-order valence-electron chi connectivity index (χ1n) is 8.25. The SMILES string of the molecule is CC1CNCCC1NC(=O)CCSc1ccc2c(c1)OCCO2.Cl. The van der Waals surface area contributed by atoms with Crippen molar-refractivity contribution in [1.82, 2.24) is 10.6 Å². The highest BCUT2D eigenvalue weighted by Gasteiger charge is 2.22. The van der Waals surface area contributed by atoms with Gasteiger partial charge in [0.2, 0.25) is 5.91 Å². The van der Waals surface area contributed by atoms with Crippen LogP contribution in [0.15, 0.2) is 23.1 Å². The van der Waals surface area contributed by atoms with Gasteiger partial charge in [-0.05, 0) is 43.6 Å². The third-order valence-electron chi connectivity index (χ3n) is 4.24. The lowest BCUT2D eigenvalue weighted by atomic mass is 9.95. The number of amides is 1. The van der Waals surface area contributed by atoms with Crippen molar-refractivity contribution in [3.05, 3.63) is 18.2 Å². The highest BCUT2D eigenvalue weighted by molar-refractivity contribution is 7.99. The van der Waals surface area contributed by atoms with Crippen molar-refractivity contribution in [2.24, 2.45) is 5.92 Å². The largest absolute Gasteiger partial charge is 0.486 e. The summed E-state index contributed by atoms with van der Waals surface area (Å²) in [6.07, 6.45) is 1.55. The number of hydrogen-bond acceptors (Lipinski definition) is 5. The molecule has 0 aliphatic carbocycles. The van der Waals surface area contributed by atoms with Crippen LogP contribution in [0.25, 0.3) is 0 Å². The van der Waals surface area contributed by atoms with Gasteiger partial charge in [0.25, 0.3) is 0 Å². The summed E-state index contributed by atoms with van der Waals surface area (Å²) >= 11 is 1.68. The molecule has 1 aromatic rings. The number of benzene rings is 1. The molecule has 2 heterocycles. The van der Waals surface area contributed by atoms with Crippen LogP contribution in [-0.4, -0.2) is 44.0 Å². The fourth-order valence-corrected chi connectivity index (χ4v) is 3.76. The summed E-state index contributed by atoms with van der Waals surface area (Å²) in [7, 11) is 0. The number of thioether (sulfide) groups is 1. The van der Waals surface area contributed by atoms with Gasteiger partial charge in [0.05, 0.1) is 0 Å². The first kappa shape index (κ1) is 19.2. The molecule has 1 fully saturated rings. The Kier molecular flexibility index (Phi) is 7.52. The molecule has 134 valence electrons. The molecule has 2 unspecified atom stereocenters. The maximum Gasteiger partial charge on any atom is 0.221 e. The van der Waals surface area contributed by atoms with Gasteiger partial charge in [-0.15, -0.1) is 24.2 Å². The van der Waals surface area contributed by atoms with E-state index in [2.05, 4.69) is 17.6 Å². The summed E-state index contributed by atoms with van der Waals surface area (Å²) in [5.41, 5.74) is 0. The molecular formula is C17H25ClN2O3S. The molecule has 0 aromatic heterocycles. The lowest BCUT2D eigenvalue weighted by Gasteiger charge is -2.30. The van der Waals surface area contributed by atoms with Crippen molar-refractivity contribution >= 4 is 30.1 Å². The zero-order chi connectivity index (χ0) is 16.1. The summed E-state index contributed by atoms with van der Waals surface area (Å²) in [4.78, 5) is 13.2. The maximum atomic E-state index is 12.1. The summed E-state index contributed by atoms with van der Waals surface area (Å²) in [5, 5.41) is 6.52. The first-order chi connectivity index (χ1) is 11.2. The molecule has 0 spiro atoms. The zero-order valence-corrected chi connectivity index (χ0v) is 15.5. The van der Waals surface area contributed by atoms with Crippen molar-refractivity contribution < 1.29 is 14.3 Å². The Labute approximate surface area is 153 Å². The molecule has 24 heavy (non-hydrogen) atoms. The highest BCUT2D eigenvalue weighted by atomic mass is 35.5. The van der Waals surface area contributed by atoms with E-state index in [1.54, 1.807) is 11.8 Å². The Morgan fingerprint density at radius 3 is 2.92 bits per heavy atom. The second-order valence-electron chi connectivity index (χ2n) is 6.05. The van der Waals surface area contributed by atoms with E-state index in [1.807, 2.05) is 18.2 Å². The van der Waals surface area contributed by atoms with E-state index in [9.17, 15) is 4.79 Å². The van der Waals surface area contributed by atoms with Crippen LogP contribution < -0.4 is 20.1 Å². The number of piperidine rings is 1. The average Bonchev–Trinajstić information content (AvgIpc) is 2.57.